The van der Waals surface area contributed by atoms with Crippen LogP contribution < -0.4 is 0 Å². The minimum Gasteiger partial charge on any atom is -0.0656 e. The van der Waals surface area contributed by atoms with Gasteiger partial charge in [-0.25, -0.2) is 0 Å². The minimum atomic E-state index is 1.25. The zero-order valence-electron chi connectivity index (χ0n) is 10.5. The second-order valence-corrected chi connectivity index (χ2v) is 4.25. The molecule has 0 bridgehead atoms. The van der Waals surface area contributed by atoms with E-state index in [0.717, 1.165) is 0 Å². The van der Waals surface area contributed by atoms with Gasteiger partial charge in [-0.05, 0) is 33.7 Å². The Morgan fingerprint density at radius 2 is 0.824 bits per heavy atom. The summed E-state index contributed by atoms with van der Waals surface area (Å²) in [4.78, 5) is 0. The van der Waals surface area contributed by atoms with Gasteiger partial charge in [-0.3, -0.25) is 0 Å². The average molecular weight is 222 g/mol. The van der Waals surface area contributed by atoms with E-state index in [0.29, 0.717) is 0 Å². The lowest BCUT2D eigenvalue weighted by Gasteiger charge is -2.00. The topological polar surface area (TPSA) is 0 Å². The van der Waals surface area contributed by atoms with Crippen molar-refractivity contribution in [2.45, 2.75) is 20.3 Å². The Bertz CT molecular complexity index is 503. The van der Waals surface area contributed by atoms with Crippen molar-refractivity contribution in [2.75, 3.05) is 0 Å². The Hall–Kier alpha value is -1.82. The summed E-state index contributed by atoms with van der Waals surface area (Å²) in [5, 5.41) is 5.25. The predicted octanol–water partition coefficient (Wildman–Crippen LogP) is 5.41. The van der Waals surface area contributed by atoms with Crippen LogP contribution in [-0.2, 0) is 0 Å². The fourth-order valence-corrected chi connectivity index (χ4v) is 1.88. The van der Waals surface area contributed by atoms with Crippen LogP contribution >= 0.6 is 0 Å². The third-order valence-electron chi connectivity index (χ3n) is 2.61. The Labute approximate surface area is 103 Å². The van der Waals surface area contributed by atoms with E-state index in [9.17, 15) is 0 Å². The number of fused-ring (bicyclic) bond motifs is 2. The molecule has 3 aromatic carbocycles. The highest BCUT2D eigenvalue weighted by atomic mass is 14.0. The maximum Gasteiger partial charge on any atom is -0.0178 e. The van der Waals surface area contributed by atoms with E-state index in [1.54, 1.807) is 0 Å². The third kappa shape index (κ3) is 2.65. The molecule has 0 fully saturated rings. The predicted molar refractivity (Wildman–Crippen MR) is 77.4 cm³/mol. The second-order valence-electron chi connectivity index (χ2n) is 4.25. The molecule has 0 atom stereocenters. The fraction of sp³-hybridized carbons (Fsp3) is 0.176. The first-order valence-electron chi connectivity index (χ1n) is 6.22. The van der Waals surface area contributed by atoms with E-state index in [1.165, 1.54) is 28.0 Å². The van der Waals surface area contributed by atoms with Crippen LogP contribution in [0, 0.1) is 0 Å². The molecular weight excluding hydrogens is 204 g/mol. The summed E-state index contributed by atoms with van der Waals surface area (Å²) in [5.74, 6) is 0. The van der Waals surface area contributed by atoms with Gasteiger partial charge >= 0.3 is 0 Å². The van der Waals surface area contributed by atoms with Crippen LogP contribution in [0.15, 0.2) is 60.7 Å². The summed E-state index contributed by atoms with van der Waals surface area (Å²) in [6.45, 7) is 4.25. The van der Waals surface area contributed by atoms with Gasteiger partial charge in [-0.2, -0.15) is 0 Å². The van der Waals surface area contributed by atoms with Gasteiger partial charge in [0.05, 0.1) is 0 Å². The first-order chi connectivity index (χ1) is 8.35. The molecule has 17 heavy (non-hydrogen) atoms. The Kier molecular flexibility index (Phi) is 3.77. The molecule has 0 aliphatic heterocycles. The molecule has 0 spiro atoms. The Morgan fingerprint density at radius 3 is 1.06 bits per heavy atom. The van der Waals surface area contributed by atoms with Crippen molar-refractivity contribution in [3.63, 3.8) is 0 Å². The molecule has 0 aromatic heterocycles. The van der Waals surface area contributed by atoms with Crippen molar-refractivity contribution in [3.8, 4) is 0 Å². The molecule has 0 N–H and O–H groups in total. The highest BCUT2D eigenvalue weighted by Crippen LogP contribution is 2.21. The SMILES string of the molecule is CCC.c1ccc2cc3ccccc3cc2c1. The zero-order chi connectivity index (χ0) is 12.1. The van der Waals surface area contributed by atoms with Crippen molar-refractivity contribution in [3.05, 3.63) is 60.7 Å². The summed E-state index contributed by atoms with van der Waals surface area (Å²) >= 11 is 0. The largest absolute Gasteiger partial charge is 0.0656 e. The lowest BCUT2D eigenvalue weighted by molar-refractivity contribution is 1.09. The van der Waals surface area contributed by atoms with E-state index in [-0.39, 0.29) is 0 Å². The highest BCUT2D eigenvalue weighted by molar-refractivity contribution is 5.97. The zero-order valence-corrected chi connectivity index (χ0v) is 10.5. The summed E-state index contributed by atoms with van der Waals surface area (Å²) in [6, 6.07) is 21.4. The van der Waals surface area contributed by atoms with E-state index in [1.807, 2.05) is 0 Å². The van der Waals surface area contributed by atoms with Gasteiger partial charge in [-0.15, -0.1) is 0 Å². The van der Waals surface area contributed by atoms with Crippen LogP contribution in [-0.4, -0.2) is 0 Å². The van der Waals surface area contributed by atoms with Crippen molar-refractivity contribution in [1.82, 2.24) is 0 Å². The van der Waals surface area contributed by atoms with Crippen LogP contribution in [0.25, 0.3) is 21.5 Å². The van der Waals surface area contributed by atoms with Crippen LogP contribution in [0.2, 0.25) is 0 Å². The van der Waals surface area contributed by atoms with E-state index in [4.69, 9.17) is 0 Å². The van der Waals surface area contributed by atoms with Crippen LogP contribution in [0.4, 0.5) is 0 Å². The van der Waals surface area contributed by atoms with Gasteiger partial charge in [-0.1, -0.05) is 68.8 Å². The monoisotopic (exact) mass is 222 g/mol. The molecule has 0 radical (unpaired) electrons. The maximum absolute atomic E-state index is 2.24. The van der Waals surface area contributed by atoms with Gasteiger partial charge in [0.25, 0.3) is 0 Å². The van der Waals surface area contributed by atoms with Crippen molar-refractivity contribution < 1.29 is 0 Å². The number of hydrogen-bond donors (Lipinski definition) is 0. The number of rotatable bonds is 0. The summed E-state index contributed by atoms with van der Waals surface area (Å²) in [5.41, 5.74) is 0. The normalized spacial score (nSPS) is 10.0. The van der Waals surface area contributed by atoms with Crippen LogP contribution in [0.3, 0.4) is 0 Å². The third-order valence-corrected chi connectivity index (χ3v) is 2.61. The van der Waals surface area contributed by atoms with Gasteiger partial charge in [0.2, 0.25) is 0 Å². The molecule has 86 valence electrons. The molecule has 0 saturated heterocycles. The fourth-order valence-electron chi connectivity index (χ4n) is 1.88. The standard InChI is InChI=1S/C14H10.C3H8/c1-2-6-12-10-14-8-4-3-7-13(14)9-11(12)5-1;1-3-2/h1-10H;3H2,1-2H3. The Morgan fingerprint density at radius 1 is 0.588 bits per heavy atom. The van der Waals surface area contributed by atoms with Crippen molar-refractivity contribution >= 4 is 21.5 Å². The van der Waals surface area contributed by atoms with Gasteiger partial charge in [0, 0.05) is 0 Å². The smallest absolute Gasteiger partial charge is 0.0178 e. The second kappa shape index (κ2) is 5.49. The van der Waals surface area contributed by atoms with Crippen LogP contribution in [0.1, 0.15) is 20.3 Å². The molecule has 0 aliphatic rings. The molecule has 0 aliphatic carbocycles. The molecular formula is C17H18. The number of benzene rings is 3. The van der Waals surface area contributed by atoms with Crippen molar-refractivity contribution in [2.24, 2.45) is 0 Å². The number of hydrogen-bond acceptors (Lipinski definition) is 0. The lowest BCUT2D eigenvalue weighted by Crippen LogP contribution is -1.74. The van der Waals surface area contributed by atoms with Crippen molar-refractivity contribution in [1.29, 1.82) is 0 Å². The van der Waals surface area contributed by atoms with E-state index < -0.39 is 0 Å². The lowest BCUT2D eigenvalue weighted by atomic mass is 10.0. The minimum absolute atomic E-state index is 1.25. The maximum atomic E-state index is 2.24. The average Bonchev–Trinajstić information content (AvgIpc) is 2.37. The van der Waals surface area contributed by atoms with E-state index >= 15 is 0 Å². The first-order valence-corrected chi connectivity index (χ1v) is 6.22. The molecule has 0 heteroatoms. The Balaban J connectivity index is 0.000000329. The first kappa shape index (κ1) is 11.7. The van der Waals surface area contributed by atoms with Gasteiger partial charge < -0.3 is 0 Å². The molecule has 3 aromatic rings. The van der Waals surface area contributed by atoms with Crippen LogP contribution in [0.5, 0.6) is 0 Å². The molecule has 0 amide bonds. The molecule has 0 nitrogen and oxygen atoms in total. The molecule has 0 saturated carbocycles. The summed E-state index contributed by atoms with van der Waals surface area (Å²) in [6.07, 6.45) is 1.25. The quantitative estimate of drug-likeness (QED) is 0.446. The molecule has 3 rings (SSSR count). The molecule has 0 unspecified atom stereocenters. The van der Waals surface area contributed by atoms with Gasteiger partial charge in [0.15, 0.2) is 0 Å². The van der Waals surface area contributed by atoms with E-state index in [2.05, 4.69) is 74.5 Å². The molecule has 0 heterocycles. The van der Waals surface area contributed by atoms with Gasteiger partial charge in [0.1, 0.15) is 0 Å². The summed E-state index contributed by atoms with van der Waals surface area (Å²) in [7, 11) is 0. The highest BCUT2D eigenvalue weighted by Gasteiger charge is 1.95. The summed E-state index contributed by atoms with van der Waals surface area (Å²) < 4.78 is 0.